The Bertz CT molecular complexity index is 662. The van der Waals surface area contributed by atoms with Gasteiger partial charge < -0.3 is 10.1 Å². The number of nitrogens with one attached hydrogen (secondary N) is 2. The first kappa shape index (κ1) is 20.8. The number of hydrogen-bond donors (Lipinski definition) is 2. The molecule has 1 fully saturated rings. The summed E-state index contributed by atoms with van der Waals surface area (Å²) >= 11 is 0. The fourth-order valence-corrected chi connectivity index (χ4v) is 3.97. The molecule has 1 saturated heterocycles. The Morgan fingerprint density at radius 3 is 2.79 bits per heavy atom. The molecule has 24 heavy (non-hydrogen) atoms. The highest BCUT2D eigenvalue weighted by Gasteiger charge is 2.34. The van der Waals surface area contributed by atoms with Crippen LogP contribution in [0.1, 0.15) is 18.4 Å². The maximum Gasteiger partial charge on any atom is 0.269 e. The molecule has 2 rings (SSSR count). The molecule has 1 unspecified atom stereocenters. The molecule has 1 aromatic carbocycles. The zero-order valence-electron chi connectivity index (χ0n) is 13.4. The maximum absolute atomic E-state index is 12.2. The van der Waals surface area contributed by atoms with E-state index in [4.69, 9.17) is 4.74 Å². The van der Waals surface area contributed by atoms with Crippen molar-refractivity contribution >= 4 is 28.1 Å². The lowest BCUT2D eigenvalue weighted by Crippen LogP contribution is -2.53. The third-order valence-corrected chi connectivity index (χ3v) is 5.16. The smallest absolute Gasteiger partial charge is 0.269 e. The number of rotatable bonds is 8. The predicted octanol–water partition coefficient (Wildman–Crippen LogP) is 1.20. The van der Waals surface area contributed by atoms with Crippen LogP contribution < -0.4 is 10.0 Å². The van der Waals surface area contributed by atoms with Gasteiger partial charge in [0.1, 0.15) is 0 Å². The molecule has 1 heterocycles. The molecule has 0 saturated carbocycles. The molecule has 0 amide bonds. The van der Waals surface area contributed by atoms with Gasteiger partial charge in [0, 0.05) is 25.8 Å². The summed E-state index contributed by atoms with van der Waals surface area (Å²) in [6.45, 7) is 1.49. The van der Waals surface area contributed by atoms with E-state index in [0.717, 1.165) is 19.4 Å². The molecule has 136 valence electrons. The Morgan fingerprint density at radius 2 is 2.21 bits per heavy atom. The highest BCUT2D eigenvalue weighted by molar-refractivity contribution is 7.88. The van der Waals surface area contributed by atoms with Gasteiger partial charge in [-0.25, -0.2) is 13.1 Å². The van der Waals surface area contributed by atoms with Crippen LogP contribution in [0.3, 0.4) is 0 Å². The number of benzene rings is 1. The lowest BCUT2D eigenvalue weighted by molar-refractivity contribution is -0.384. The van der Waals surface area contributed by atoms with E-state index in [-0.39, 0.29) is 35.9 Å². The van der Waals surface area contributed by atoms with Crippen molar-refractivity contribution in [2.75, 3.05) is 26.8 Å². The van der Waals surface area contributed by atoms with Gasteiger partial charge in [0.2, 0.25) is 10.0 Å². The Balaban J connectivity index is 0.00000288. The number of nitrogens with zero attached hydrogens (tertiary/aromatic N) is 1. The van der Waals surface area contributed by atoms with Crippen LogP contribution in [-0.4, -0.2) is 45.7 Å². The molecule has 1 atom stereocenters. The SMILES string of the molecule is COCC1(CNS(=O)(=O)Cc2cccc([N+](=O)[O-])c2)CCCN1.Cl. The monoisotopic (exact) mass is 379 g/mol. The highest BCUT2D eigenvalue weighted by atomic mass is 35.5. The van der Waals surface area contributed by atoms with E-state index in [2.05, 4.69) is 10.0 Å². The van der Waals surface area contributed by atoms with E-state index in [1.807, 2.05) is 0 Å². The third-order valence-electron chi connectivity index (χ3n) is 3.86. The molecule has 2 N–H and O–H groups in total. The van der Waals surface area contributed by atoms with Crippen molar-refractivity contribution in [2.24, 2.45) is 0 Å². The van der Waals surface area contributed by atoms with Crippen LogP contribution in [0, 0.1) is 10.1 Å². The summed E-state index contributed by atoms with van der Waals surface area (Å²) in [7, 11) is -2.01. The average Bonchev–Trinajstić information content (AvgIpc) is 2.95. The van der Waals surface area contributed by atoms with Gasteiger partial charge in [-0.1, -0.05) is 12.1 Å². The number of ether oxygens (including phenoxy) is 1. The first-order chi connectivity index (χ1) is 10.9. The quantitative estimate of drug-likeness (QED) is 0.518. The zero-order chi connectivity index (χ0) is 16.9. The normalized spacial score (nSPS) is 20.5. The topological polar surface area (TPSA) is 111 Å². The minimum atomic E-state index is -3.59. The van der Waals surface area contributed by atoms with Crippen LogP contribution in [0.4, 0.5) is 5.69 Å². The van der Waals surface area contributed by atoms with Crippen LogP contribution in [0.25, 0.3) is 0 Å². The van der Waals surface area contributed by atoms with E-state index < -0.39 is 14.9 Å². The van der Waals surface area contributed by atoms with Crippen molar-refractivity contribution in [1.82, 2.24) is 10.0 Å². The van der Waals surface area contributed by atoms with Crippen molar-refractivity contribution in [2.45, 2.75) is 24.1 Å². The third kappa shape index (κ3) is 5.67. The largest absolute Gasteiger partial charge is 0.383 e. The molecule has 8 nitrogen and oxygen atoms in total. The van der Waals surface area contributed by atoms with Gasteiger partial charge in [0.25, 0.3) is 5.69 Å². The maximum atomic E-state index is 12.2. The lowest BCUT2D eigenvalue weighted by Gasteiger charge is -2.28. The molecule has 0 aliphatic carbocycles. The second kappa shape index (κ2) is 8.72. The van der Waals surface area contributed by atoms with Crippen molar-refractivity contribution in [3.8, 4) is 0 Å². The Hall–Kier alpha value is -1.26. The first-order valence-electron chi connectivity index (χ1n) is 7.30. The van der Waals surface area contributed by atoms with Crippen molar-refractivity contribution < 1.29 is 18.1 Å². The Labute approximate surface area is 147 Å². The minimum Gasteiger partial charge on any atom is -0.383 e. The number of halogens is 1. The molecule has 0 aromatic heterocycles. The zero-order valence-corrected chi connectivity index (χ0v) is 15.0. The number of nitro benzene ring substituents is 1. The van der Waals surface area contributed by atoms with Crippen LogP contribution >= 0.6 is 12.4 Å². The van der Waals surface area contributed by atoms with E-state index in [9.17, 15) is 18.5 Å². The lowest BCUT2D eigenvalue weighted by atomic mass is 9.99. The van der Waals surface area contributed by atoms with Crippen molar-refractivity contribution in [1.29, 1.82) is 0 Å². The number of hydrogen-bond acceptors (Lipinski definition) is 6. The molecule has 1 aromatic rings. The van der Waals surface area contributed by atoms with E-state index >= 15 is 0 Å². The molecule has 0 bridgehead atoms. The van der Waals surface area contributed by atoms with Gasteiger partial charge in [-0.15, -0.1) is 12.4 Å². The fourth-order valence-electron chi connectivity index (χ4n) is 2.75. The highest BCUT2D eigenvalue weighted by Crippen LogP contribution is 2.20. The van der Waals surface area contributed by atoms with Crippen LogP contribution in [-0.2, 0) is 20.5 Å². The minimum absolute atomic E-state index is 0. The van der Waals surface area contributed by atoms with Crippen LogP contribution in [0.5, 0.6) is 0 Å². The van der Waals surface area contributed by atoms with E-state index in [1.165, 1.54) is 18.2 Å². The molecule has 1 aliphatic rings. The van der Waals surface area contributed by atoms with E-state index in [1.54, 1.807) is 13.2 Å². The van der Waals surface area contributed by atoms with Crippen LogP contribution in [0.15, 0.2) is 24.3 Å². The van der Waals surface area contributed by atoms with Crippen molar-refractivity contribution in [3.63, 3.8) is 0 Å². The summed E-state index contributed by atoms with van der Waals surface area (Å²) in [5, 5.41) is 14.0. The Kier molecular flexibility index (Phi) is 7.56. The summed E-state index contributed by atoms with van der Waals surface area (Å²) in [6, 6.07) is 5.65. The summed E-state index contributed by atoms with van der Waals surface area (Å²) in [5.41, 5.74) is -0.122. The molecular weight excluding hydrogens is 358 g/mol. The summed E-state index contributed by atoms with van der Waals surface area (Å²) < 4.78 is 32.2. The summed E-state index contributed by atoms with van der Waals surface area (Å²) in [5.74, 6) is -0.294. The number of nitro groups is 1. The van der Waals surface area contributed by atoms with Crippen LogP contribution in [0.2, 0.25) is 0 Å². The number of methoxy groups -OCH3 is 1. The van der Waals surface area contributed by atoms with Gasteiger partial charge in [0.15, 0.2) is 0 Å². The second-order valence-electron chi connectivity index (χ2n) is 5.75. The Morgan fingerprint density at radius 1 is 1.46 bits per heavy atom. The summed E-state index contributed by atoms with van der Waals surface area (Å²) in [6.07, 6.45) is 1.80. The van der Waals surface area contributed by atoms with E-state index in [0.29, 0.717) is 12.2 Å². The van der Waals surface area contributed by atoms with Crippen molar-refractivity contribution in [3.05, 3.63) is 39.9 Å². The second-order valence-corrected chi connectivity index (χ2v) is 7.56. The summed E-state index contributed by atoms with van der Waals surface area (Å²) in [4.78, 5) is 10.2. The van der Waals surface area contributed by atoms with Gasteiger partial charge in [0.05, 0.1) is 22.8 Å². The van der Waals surface area contributed by atoms with Gasteiger partial charge in [-0.3, -0.25) is 10.1 Å². The molecule has 0 radical (unpaired) electrons. The molecule has 0 spiro atoms. The molecule has 10 heteroatoms. The number of non-ortho nitro benzene ring substituents is 1. The van der Waals surface area contributed by atoms with Gasteiger partial charge >= 0.3 is 0 Å². The predicted molar refractivity (Wildman–Crippen MR) is 92.8 cm³/mol. The van der Waals surface area contributed by atoms with Gasteiger partial charge in [-0.05, 0) is 24.9 Å². The standard InChI is InChI=1S/C14H21N3O5S.ClH/c1-22-11-14(6-3-7-15-14)10-16-23(20,21)9-12-4-2-5-13(8-12)17(18)19;/h2,4-5,8,15-16H,3,6-7,9-11H2,1H3;1H. The van der Waals surface area contributed by atoms with Gasteiger partial charge in [-0.2, -0.15) is 0 Å². The average molecular weight is 380 g/mol. The molecular formula is C14H22ClN3O5S. The molecule has 1 aliphatic heterocycles. The first-order valence-corrected chi connectivity index (χ1v) is 8.96. The number of sulfonamides is 1. The fraction of sp³-hybridized carbons (Fsp3) is 0.571.